The van der Waals surface area contributed by atoms with Crippen LogP contribution in [0.3, 0.4) is 0 Å². The van der Waals surface area contributed by atoms with E-state index >= 15 is 0 Å². The van der Waals surface area contributed by atoms with Crippen LogP contribution in [0.25, 0.3) is 0 Å². The van der Waals surface area contributed by atoms with Gasteiger partial charge in [-0.05, 0) is 40.0 Å². The third-order valence-electron chi connectivity index (χ3n) is 3.61. The highest BCUT2D eigenvalue weighted by Crippen LogP contribution is 2.16. The van der Waals surface area contributed by atoms with Crippen molar-refractivity contribution in [3.63, 3.8) is 0 Å². The predicted molar refractivity (Wildman–Crippen MR) is 79.9 cm³/mol. The lowest BCUT2D eigenvalue weighted by Crippen LogP contribution is -2.42. The van der Waals surface area contributed by atoms with Crippen molar-refractivity contribution >= 4 is 11.8 Å². The maximum absolute atomic E-state index is 12.0. The summed E-state index contributed by atoms with van der Waals surface area (Å²) in [5.74, 6) is 0. The molecule has 2 aliphatic rings. The van der Waals surface area contributed by atoms with Crippen molar-refractivity contribution in [1.29, 1.82) is 0 Å². The first-order valence-corrected chi connectivity index (χ1v) is 7.73. The van der Waals surface area contributed by atoms with Crippen molar-refractivity contribution in [2.75, 3.05) is 26.2 Å². The Morgan fingerprint density at radius 1 is 1.05 bits per heavy atom. The second kappa shape index (κ2) is 6.46. The number of amides is 1. The molecule has 0 radical (unpaired) electrons. The number of rotatable bonds is 1. The molecule has 1 amide bonds. The van der Waals surface area contributed by atoms with Crippen molar-refractivity contribution < 1.29 is 9.53 Å². The van der Waals surface area contributed by atoms with Crippen LogP contribution in [0, 0.1) is 0 Å². The van der Waals surface area contributed by atoms with Gasteiger partial charge in [0.1, 0.15) is 5.60 Å². The lowest BCUT2D eigenvalue weighted by molar-refractivity contribution is 0.0248. The number of hydrazone groups is 1. The van der Waals surface area contributed by atoms with Crippen LogP contribution in [0.2, 0.25) is 0 Å². The van der Waals surface area contributed by atoms with E-state index in [0.717, 1.165) is 39.0 Å². The first-order valence-electron chi connectivity index (χ1n) is 7.73. The zero-order chi connectivity index (χ0) is 14.6. The minimum Gasteiger partial charge on any atom is -0.444 e. The molecule has 2 rings (SSSR count). The maximum atomic E-state index is 12.0. The highest BCUT2D eigenvalue weighted by molar-refractivity contribution is 5.86. The Hall–Kier alpha value is -1.26. The zero-order valence-corrected chi connectivity index (χ0v) is 13.0. The second-order valence-electron chi connectivity index (χ2n) is 6.65. The topological polar surface area (TPSA) is 45.1 Å². The molecule has 0 aliphatic carbocycles. The fourth-order valence-corrected chi connectivity index (χ4v) is 2.55. The van der Waals surface area contributed by atoms with E-state index in [1.54, 1.807) is 4.90 Å². The molecule has 2 fully saturated rings. The van der Waals surface area contributed by atoms with Crippen molar-refractivity contribution in [2.45, 2.75) is 58.5 Å². The Balaban J connectivity index is 1.79. The number of carbonyl (C=O) groups excluding carboxylic acids is 1. The van der Waals surface area contributed by atoms with Gasteiger partial charge in [0.05, 0.1) is 0 Å². The van der Waals surface area contributed by atoms with E-state index in [1.165, 1.54) is 25.0 Å². The zero-order valence-electron chi connectivity index (χ0n) is 13.0. The number of ether oxygens (including phenoxy) is 1. The molecule has 2 heterocycles. The predicted octanol–water partition coefficient (Wildman–Crippen LogP) is 2.86. The normalized spacial score (nSPS) is 20.9. The highest BCUT2D eigenvalue weighted by Gasteiger charge is 2.25. The van der Waals surface area contributed by atoms with Gasteiger partial charge in [0, 0.05) is 44.7 Å². The smallest absolute Gasteiger partial charge is 0.410 e. The molecule has 0 bridgehead atoms. The summed E-state index contributed by atoms with van der Waals surface area (Å²) >= 11 is 0. The van der Waals surface area contributed by atoms with Crippen LogP contribution in [-0.4, -0.2) is 53.5 Å². The van der Waals surface area contributed by atoms with Crippen molar-refractivity contribution in [2.24, 2.45) is 5.10 Å². The molecule has 0 unspecified atom stereocenters. The molecule has 0 aromatic rings. The molecule has 2 saturated heterocycles. The van der Waals surface area contributed by atoms with Crippen LogP contribution in [0.15, 0.2) is 5.10 Å². The summed E-state index contributed by atoms with van der Waals surface area (Å²) in [6, 6.07) is 0. The number of carbonyl (C=O) groups is 1. The molecule has 0 saturated carbocycles. The van der Waals surface area contributed by atoms with Gasteiger partial charge in [-0.15, -0.1) is 0 Å². The molecule has 5 nitrogen and oxygen atoms in total. The number of hydrogen-bond donors (Lipinski definition) is 0. The van der Waals surface area contributed by atoms with E-state index in [0.29, 0.717) is 0 Å². The van der Waals surface area contributed by atoms with Gasteiger partial charge < -0.3 is 9.64 Å². The van der Waals surface area contributed by atoms with Crippen LogP contribution in [0.1, 0.15) is 52.9 Å². The summed E-state index contributed by atoms with van der Waals surface area (Å²) < 4.78 is 5.40. The molecule has 0 aromatic carbocycles. The van der Waals surface area contributed by atoms with Crippen molar-refractivity contribution in [3.05, 3.63) is 0 Å². The summed E-state index contributed by atoms with van der Waals surface area (Å²) in [5, 5.41) is 6.93. The molecule has 0 atom stereocenters. The van der Waals surface area contributed by atoms with E-state index in [9.17, 15) is 4.79 Å². The standard InChI is InChI=1S/C15H27N3O2/c1-15(2,3)20-14(19)17-11-7-13(8-12-17)16-18-9-5-4-6-10-18/h4-12H2,1-3H3. The molecule has 114 valence electrons. The molecule has 20 heavy (non-hydrogen) atoms. The first-order chi connectivity index (χ1) is 9.44. The Bertz CT molecular complexity index is 358. The quantitative estimate of drug-likeness (QED) is 0.742. The molecular weight excluding hydrogens is 254 g/mol. The Kier molecular flexibility index (Phi) is 4.89. The van der Waals surface area contributed by atoms with Crippen LogP contribution < -0.4 is 0 Å². The lowest BCUT2D eigenvalue weighted by atomic mass is 10.1. The average molecular weight is 281 g/mol. The number of nitrogens with zero attached hydrogens (tertiary/aromatic N) is 3. The van der Waals surface area contributed by atoms with Gasteiger partial charge in [0.15, 0.2) is 0 Å². The molecule has 0 N–H and O–H groups in total. The van der Waals surface area contributed by atoms with Gasteiger partial charge in [0.25, 0.3) is 0 Å². The van der Waals surface area contributed by atoms with Gasteiger partial charge in [-0.25, -0.2) is 4.79 Å². The molecule has 2 aliphatic heterocycles. The van der Waals surface area contributed by atoms with Gasteiger partial charge in [0.2, 0.25) is 0 Å². The molecule has 0 aromatic heterocycles. The molecule has 5 heteroatoms. The van der Waals surface area contributed by atoms with Crippen LogP contribution in [-0.2, 0) is 4.74 Å². The van der Waals surface area contributed by atoms with E-state index in [4.69, 9.17) is 9.84 Å². The van der Waals surface area contributed by atoms with Crippen molar-refractivity contribution in [3.8, 4) is 0 Å². The Morgan fingerprint density at radius 3 is 2.20 bits per heavy atom. The summed E-state index contributed by atoms with van der Waals surface area (Å²) in [4.78, 5) is 13.8. The number of hydrogen-bond acceptors (Lipinski definition) is 4. The first kappa shape index (κ1) is 15.1. The number of piperidine rings is 2. The summed E-state index contributed by atoms with van der Waals surface area (Å²) in [7, 11) is 0. The number of likely N-dealkylation sites (tertiary alicyclic amines) is 1. The van der Waals surface area contributed by atoms with Crippen LogP contribution in [0.5, 0.6) is 0 Å². The van der Waals surface area contributed by atoms with Gasteiger partial charge in [-0.2, -0.15) is 5.10 Å². The van der Waals surface area contributed by atoms with Crippen molar-refractivity contribution in [1.82, 2.24) is 9.91 Å². The summed E-state index contributed by atoms with van der Waals surface area (Å²) in [6.45, 7) is 9.32. The monoisotopic (exact) mass is 281 g/mol. The van der Waals surface area contributed by atoms with E-state index < -0.39 is 5.60 Å². The third kappa shape index (κ3) is 4.69. The fraction of sp³-hybridized carbons (Fsp3) is 0.867. The largest absolute Gasteiger partial charge is 0.444 e. The second-order valence-corrected chi connectivity index (χ2v) is 6.65. The SMILES string of the molecule is CC(C)(C)OC(=O)N1CCC(=NN2CCCCC2)CC1. The Morgan fingerprint density at radius 2 is 1.65 bits per heavy atom. The third-order valence-corrected chi connectivity index (χ3v) is 3.61. The lowest BCUT2D eigenvalue weighted by Gasteiger charge is -2.31. The Labute approximate surface area is 121 Å². The van der Waals surface area contributed by atoms with Gasteiger partial charge >= 0.3 is 6.09 Å². The minimum atomic E-state index is -0.417. The highest BCUT2D eigenvalue weighted by atomic mass is 16.6. The van der Waals surface area contributed by atoms with E-state index in [1.807, 2.05) is 20.8 Å². The summed E-state index contributed by atoms with van der Waals surface area (Å²) in [5.41, 5.74) is 0.811. The fourth-order valence-electron chi connectivity index (χ4n) is 2.55. The van der Waals surface area contributed by atoms with Crippen LogP contribution in [0.4, 0.5) is 4.79 Å². The van der Waals surface area contributed by atoms with E-state index in [-0.39, 0.29) is 6.09 Å². The average Bonchev–Trinajstić information content (AvgIpc) is 2.39. The molecular formula is C15H27N3O2. The van der Waals surface area contributed by atoms with Gasteiger partial charge in [-0.3, -0.25) is 5.01 Å². The summed E-state index contributed by atoms with van der Waals surface area (Å²) in [6.07, 6.45) is 5.37. The maximum Gasteiger partial charge on any atom is 0.410 e. The van der Waals surface area contributed by atoms with Gasteiger partial charge in [-0.1, -0.05) is 0 Å². The minimum absolute atomic E-state index is 0.200. The van der Waals surface area contributed by atoms with E-state index in [2.05, 4.69) is 5.01 Å². The van der Waals surface area contributed by atoms with Crippen LogP contribution >= 0.6 is 0 Å². The molecule has 0 spiro atoms.